The predicted molar refractivity (Wildman–Crippen MR) is 90.4 cm³/mol. The Morgan fingerprint density at radius 1 is 0.909 bits per heavy atom. The van der Waals surface area contributed by atoms with Crippen LogP contribution in [0.3, 0.4) is 0 Å². The molecule has 2 N–H and O–H groups in total. The maximum Gasteiger partial charge on any atom is 0.160 e. The first kappa shape index (κ1) is 16.0. The van der Waals surface area contributed by atoms with Gasteiger partial charge in [0.1, 0.15) is 5.75 Å². The second-order valence-corrected chi connectivity index (χ2v) is 6.33. The van der Waals surface area contributed by atoms with Crippen molar-refractivity contribution < 1.29 is 14.9 Å². The summed E-state index contributed by atoms with van der Waals surface area (Å²) < 4.78 is 5.02. The highest BCUT2D eigenvalue weighted by molar-refractivity contribution is 5.71. The Bertz CT molecular complexity index is 694. The van der Waals surface area contributed by atoms with Gasteiger partial charge in [-0.05, 0) is 46.4 Å². The normalized spacial score (nSPS) is 11.8. The average molecular weight is 298 g/mol. The van der Waals surface area contributed by atoms with E-state index in [-0.39, 0.29) is 16.9 Å². The molecular formula is C19H22O3. The van der Waals surface area contributed by atoms with Gasteiger partial charge in [-0.25, -0.2) is 0 Å². The number of benzene rings is 2. The molecule has 116 valence electrons. The number of rotatable bonds is 3. The van der Waals surface area contributed by atoms with Gasteiger partial charge in [-0.3, -0.25) is 0 Å². The van der Waals surface area contributed by atoms with Crippen molar-refractivity contribution in [1.29, 1.82) is 0 Å². The third kappa shape index (κ3) is 3.82. The molecule has 0 radical (unpaired) electrons. The Balaban J connectivity index is 2.30. The molecule has 3 heteroatoms. The van der Waals surface area contributed by atoms with Crippen LogP contribution in [0.5, 0.6) is 17.2 Å². The number of ether oxygens (including phenoxy) is 1. The SMILES string of the molecule is COc1ccc(/C=C/c2cc(O)cc(C(C)(C)C)c2)cc1O. The molecule has 0 heterocycles. The zero-order valence-corrected chi connectivity index (χ0v) is 13.4. The third-order valence-corrected chi connectivity index (χ3v) is 3.48. The van der Waals surface area contributed by atoms with Gasteiger partial charge in [0.25, 0.3) is 0 Å². The number of methoxy groups -OCH3 is 1. The molecule has 2 aromatic carbocycles. The minimum atomic E-state index is -0.0281. The second kappa shape index (κ2) is 6.14. The maximum absolute atomic E-state index is 9.88. The van der Waals surface area contributed by atoms with Gasteiger partial charge in [0, 0.05) is 0 Å². The second-order valence-electron chi connectivity index (χ2n) is 6.33. The summed E-state index contributed by atoms with van der Waals surface area (Å²) in [4.78, 5) is 0. The van der Waals surface area contributed by atoms with Crippen LogP contribution in [0, 0.1) is 0 Å². The average Bonchev–Trinajstić information content (AvgIpc) is 2.44. The minimum Gasteiger partial charge on any atom is -0.508 e. The van der Waals surface area contributed by atoms with Crippen molar-refractivity contribution in [3.8, 4) is 17.2 Å². The van der Waals surface area contributed by atoms with Crippen molar-refractivity contribution in [2.24, 2.45) is 0 Å². The molecule has 2 rings (SSSR count). The van der Waals surface area contributed by atoms with E-state index >= 15 is 0 Å². The topological polar surface area (TPSA) is 49.7 Å². The molecular weight excluding hydrogens is 276 g/mol. The van der Waals surface area contributed by atoms with Crippen LogP contribution >= 0.6 is 0 Å². The standard InChI is InChI=1S/C19H22O3/c1-19(2,3)15-9-14(10-16(20)12-15)6-5-13-7-8-18(22-4)17(21)11-13/h5-12,20-21H,1-4H3/b6-5+. The van der Waals surface area contributed by atoms with Crippen molar-refractivity contribution in [3.05, 3.63) is 53.1 Å². The lowest BCUT2D eigenvalue weighted by atomic mass is 9.86. The zero-order chi connectivity index (χ0) is 16.3. The first-order valence-corrected chi connectivity index (χ1v) is 7.19. The van der Waals surface area contributed by atoms with Crippen LogP contribution in [0.2, 0.25) is 0 Å². The van der Waals surface area contributed by atoms with Gasteiger partial charge in [0.05, 0.1) is 7.11 Å². The summed E-state index contributed by atoms with van der Waals surface area (Å²) in [5.41, 5.74) is 2.82. The van der Waals surface area contributed by atoms with Crippen LogP contribution in [0.15, 0.2) is 36.4 Å². The number of phenols is 2. The van der Waals surface area contributed by atoms with Crippen molar-refractivity contribution in [3.63, 3.8) is 0 Å². The van der Waals surface area contributed by atoms with Crippen LogP contribution in [-0.4, -0.2) is 17.3 Å². The van der Waals surface area contributed by atoms with E-state index in [1.165, 1.54) is 7.11 Å². The largest absolute Gasteiger partial charge is 0.508 e. The van der Waals surface area contributed by atoms with E-state index < -0.39 is 0 Å². The lowest BCUT2D eigenvalue weighted by Crippen LogP contribution is -2.10. The number of aromatic hydroxyl groups is 2. The fourth-order valence-corrected chi connectivity index (χ4v) is 2.17. The monoisotopic (exact) mass is 298 g/mol. The maximum atomic E-state index is 9.88. The molecule has 0 fully saturated rings. The molecule has 0 spiro atoms. The van der Waals surface area contributed by atoms with Gasteiger partial charge in [-0.2, -0.15) is 0 Å². The molecule has 0 aliphatic carbocycles. The molecule has 0 aliphatic heterocycles. The van der Waals surface area contributed by atoms with Crippen LogP contribution in [0.1, 0.15) is 37.5 Å². The molecule has 0 aromatic heterocycles. The Morgan fingerprint density at radius 3 is 2.18 bits per heavy atom. The summed E-state index contributed by atoms with van der Waals surface area (Å²) in [6.07, 6.45) is 3.80. The zero-order valence-electron chi connectivity index (χ0n) is 13.4. The number of hydrogen-bond donors (Lipinski definition) is 2. The van der Waals surface area contributed by atoms with Gasteiger partial charge in [0.15, 0.2) is 11.5 Å². The third-order valence-electron chi connectivity index (χ3n) is 3.48. The van der Waals surface area contributed by atoms with Gasteiger partial charge in [-0.15, -0.1) is 0 Å². The van der Waals surface area contributed by atoms with E-state index in [4.69, 9.17) is 4.74 Å². The highest BCUT2D eigenvalue weighted by atomic mass is 16.5. The molecule has 0 unspecified atom stereocenters. The number of hydrogen-bond acceptors (Lipinski definition) is 3. The van der Waals surface area contributed by atoms with Crippen LogP contribution in [0.4, 0.5) is 0 Å². The van der Waals surface area contributed by atoms with E-state index in [0.717, 1.165) is 16.7 Å². The summed E-state index contributed by atoms with van der Waals surface area (Å²) in [5, 5.41) is 19.7. The summed E-state index contributed by atoms with van der Waals surface area (Å²) in [6, 6.07) is 10.8. The predicted octanol–water partition coefficient (Wildman–Crippen LogP) is 4.57. The lowest BCUT2D eigenvalue weighted by molar-refractivity contribution is 0.373. The molecule has 2 aromatic rings. The molecule has 0 aliphatic rings. The Labute approximate surface area is 131 Å². The van der Waals surface area contributed by atoms with Crippen molar-refractivity contribution >= 4 is 12.2 Å². The molecule has 22 heavy (non-hydrogen) atoms. The fourth-order valence-electron chi connectivity index (χ4n) is 2.17. The van der Waals surface area contributed by atoms with Crippen LogP contribution < -0.4 is 4.74 Å². The van der Waals surface area contributed by atoms with Gasteiger partial charge >= 0.3 is 0 Å². The molecule has 0 saturated carbocycles. The molecule has 0 saturated heterocycles. The summed E-state index contributed by atoms with van der Waals surface area (Å²) in [7, 11) is 1.52. The first-order valence-electron chi connectivity index (χ1n) is 7.19. The summed E-state index contributed by atoms with van der Waals surface area (Å²) in [5.74, 6) is 0.810. The van der Waals surface area contributed by atoms with E-state index in [0.29, 0.717) is 5.75 Å². The first-order chi connectivity index (χ1) is 10.3. The minimum absolute atomic E-state index is 0.0281. The highest BCUT2D eigenvalue weighted by Crippen LogP contribution is 2.29. The van der Waals surface area contributed by atoms with Gasteiger partial charge < -0.3 is 14.9 Å². The van der Waals surface area contributed by atoms with Gasteiger partial charge in [-0.1, -0.05) is 45.1 Å². The Morgan fingerprint density at radius 2 is 1.59 bits per heavy atom. The lowest BCUT2D eigenvalue weighted by Gasteiger charge is -2.19. The smallest absolute Gasteiger partial charge is 0.160 e. The fraction of sp³-hybridized carbons (Fsp3) is 0.263. The quantitative estimate of drug-likeness (QED) is 0.816. The Kier molecular flexibility index (Phi) is 4.45. The van der Waals surface area contributed by atoms with Crippen molar-refractivity contribution in [2.75, 3.05) is 7.11 Å². The van der Waals surface area contributed by atoms with Crippen molar-refractivity contribution in [1.82, 2.24) is 0 Å². The number of phenolic OH excluding ortho intramolecular Hbond substituents is 2. The van der Waals surface area contributed by atoms with E-state index in [2.05, 4.69) is 26.8 Å². The summed E-state index contributed by atoms with van der Waals surface area (Å²) in [6.45, 7) is 6.32. The molecule has 0 amide bonds. The molecule has 0 bridgehead atoms. The van der Waals surface area contributed by atoms with Gasteiger partial charge in [0.2, 0.25) is 0 Å². The van der Waals surface area contributed by atoms with E-state index in [1.807, 2.05) is 18.2 Å². The van der Waals surface area contributed by atoms with Crippen molar-refractivity contribution in [2.45, 2.75) is 26.2 Å². The summed E-state index contributed by atoms with van der Waals surface area (Å²) >= 11 is 0. The van der Waals surface area contributed by atoms with E-state index in [9.17, 15) is 10.2 Å². The Hall–Kier alpha value is -2.42. The van der Waals surface area contributed by atoms with Crippen LogP contribution in [-0.2, 0) is 5.41 Å². The van der Waals surface area contributed by atoms with E-state index in [1.54, 1.807) is 24.3 Å². The van der Waals surface area contributed by atoms with Crippen LogP contribution in [0.25, 0.3) is 12.2 Å². The highest BCUT2D eigenvalue weighted by Gasteiger charge is 2.14. The molecule has 0 atom stereocenters. The molecule has 3 nitrogen and oxygen atoms in total.